The van der Waals surface area contributed by atoms with Crippen LogP contribution in [0.15, 0.2) is 29.7 Å². The molecule has 1 atom stereocenters. The van der Waals surface area contributed by atoms with Crippen LogP contribution in [0, 0.1) is 0 Å². The van der Waals surface area contributed by atoms with E-state index >= 15 is 0 Å². The SMILES string of the molecule is CCNc1ccncc1S(=O)(=O)NC(C)c1ncn[nH]1. The molecule has 0 amide bonds. The molecular formula is C11H16N6O2S. The van der Waals surface area contributed by atoms with E-state index in [-0.39, 0.29) is 4.90 Å². The Labute approximate surface area is 117 Å². The van der Waals surface area contributed by atoms with Crippen LogP contribution in [0.4, 0.5) is 5.69 Å². The number of anilines is 1. The first-order valence-electron chi connectivity index (χ1n) is 6.10. The molecule has 0 radical (unpaired) electrons. The Morgan fingerprint density at radius 2 is 2.25 bits per heavy atom. The summed E-state index contributed by atoms with van der Waals surface area (Å²) < 4.78 is 27.3. The van der Waals surface area contributed by atoms with Crippen molar-refractivity contribution >= 4 is 15.7 Å². The first kappa shape index (κ1) is 14.4. The minimum atomic E-state index is -3.70. The molecule has 8 nitrogen and oxygen atoms in total. The van der Waals surface area contributed by atoms with E-state index in [1.54, 1.807) is 13.0 Å². The Kier molecular flexibility index (Phi) is 4.30. The van der Waals surface area contributed by atoms with E-state index in [0.29, 0.717) is 18.1 Å². The molecule has 108 valence electrons. The van der Waals surface area contributed by atoms with Gasteiger partial charge in [-0.15, -0.1) is 0 Å². The van der Waals surface area contributed by atoms with Gasteiger partial charge in [0.25, 0.3) is 0 Å². The number of nitrogens with one attached hydrogen (secondary N) is 3. The second-order valence-electron chi connectivity index (χ2n) is 4.12. The fraction of sp³-hybridized carbons (Fsp3) is 0.364. The maximum atomic E-state index is 12.4. The Morgan fingerprint density at radius 3 is 2.90 bits per heavy atom. The molecule has 1 unspecified atom stereocenters. The molecule has 2 aromatic heterocycles. The number of H-pyrrole nitrogens is 1. The molecule has 2 aromatic rings. The first-order valence-corrected chi connectivity index (χ1v) is 7.58. The number of hydrogen-bond donors (Lipinski definition) is 3. The second-order valence-corrected chi connectivity index (χ2v) is 5.80. The van der Waals surface area contributed by atoms with E-state index < -0.39 is 16.1 Å². The minimum absolute atomic E-state index is 0.105. The van der Waals surface area contributed by atoms with Gasteiger partial charge in [-0.05, 0) is 19.9 Å². The highest BCUT2D eigenvalue weighted by atomic mass is 32.2. The quantitative estimate of drug-likeness (QED) is 0.722. The molecular weight excluding hydrogens is 280 g/mol. The van der Waals surface area contributed by atoms with Crippen molar-refractivity contribution in [2.75, 3.05) is 11.9 Å². The molecule has 9 heteroatoms. The highest BCUT2D eigenvalue weighted by Crippen LogP contribution is 2.21. The maximum absolute atomic E-state index is 12.4. The van der Waals surface area contributed by atoms with Crippen LogP contribution in [0.5, 0.6) is 0 Å². The van der Waals surface area contributed by atoms with E-state index in [1.165, 1.54) is 18.7 Å². The topological polar surface area (TPSA) is 113 Å². The van der Waals surface area contributed by atoms with E-state index in [2.05, 4.69) is 30.2 Å². The number of aromatic nitrogens is 4. The lowest BCUT2D eigenvalue weighted by Crippen LogP contribution is -2.28. The molecule has 0 aliphatic carbocycles. The molecule has 20 heavy (non-hydrogen) atoms. The molecule has 3 N–H and O–H groups in total. The lowest BCUT2D eigenvalue weighted by Gasteiger charge is -2.14. The van der Waals surface area contributed by atoms with Crippen LogP contribution in [-0.2, 0) is 10.0 Å². The molecule has 0 spiro atoms. The largest absolute Gasteiger partial charge is 0.384 e. The predicted octanol–water partition coefficient (Wildman–Crippen LogP) is 0.671. The Bertz CT molecular complexity index is 655. The Hall–Kier alpha value is -2.00. The number of rotatable bonds is 6. The first-order chi connectivity index (χ1) is 9.54. The van der Waals surface area contributed by atoms with Gasteiger partial charge in [0.05, 0.1) is 11.7 Å². The van der Waals surface area contributed by atoms with Gasteiger partial charge >= 0.3 is 0 Å². The number of aromatic amines is 1. The van der Waals surface area contributed by atoms with Crippen LogP contribution in [0.1, 0.15) is 25.7 Å². The molecule has 0 saturated heterocycles. The van der Waals surface area contributed by atoms with Crippen molar-refractivity contribution in [3.63, 3.8) is 0 Å². The van der Waals surface area contributed by atoms with Crippen LogP contribution >= 0.6 is 0 Å². The summed E-state index contributed by atoms with van der Waals surface area (Å²) in [7, 11) is -3.70. The number of pyridine rings is 1. The van der Waals surface area contributed by atoms with Gasteiger partial charge in [0.2, 0.25) is 10.0 Å². The third-order valence-electron chi connectivity index (χ3n) is 2.62. The molecule has 0 bridgehead atoms. The van der Waals surface area contributed by atoms with Gasteiger partial charge in [-0.1, -0.05) is 0 Å². The maximum Gasteiger partial charge on any atom is 0.244 e. The summed E-state index contributed by atoms with van der Waals surface area (Å²) in [6.45, 7) is 4.19. The number of hydrogen-bond acceptors (Lipinski definition) is 6. The summed E-state index contributed by atoms with van der Waals surface area (Å²) in [6.07, 6.45) is 4.18. The molecule has 0 aromatic carbocycles. The van der Waals surface area contributed by atoms with Crippen LogP contribution in [-0.4, -0.2) is 35.1 Å². The van der Waals surface area contributed by atoms with Crippen molar-refractivity contribution < 1.29 is 8.42 Å². The average molecular weight is 296 g/mol. The smallest absolute Gasteiger partial charge is 0.244 e. The van der Waals surface area contributed by atoms with Crippen LogP contribution < -0.4 is 10.0 Å². The summed E-state index contributed by atoms with van der Waals surface area (Å²) in [5, 5.41) is 9.32. The Balaban J connectivity index is 2.27. The molecule has 0 fully saturated rings. The van der Waals surface area contributed by atoms with Gasteiger partial charge in [-0.25, -0.2) is 18.1 Å². The molecule has 2 heterocycles. The van der Waals surface area contributed by atoms with Crippen LogP contribution in [0.3, 0.4) is 0 Å². The highest BCUT2D eigenvalue weighted by Gasteiger charge is 2.22. The van der Waals surface area contributed by atoms with Crippen molar-refractivity contribution in [1.29, 1.82) is 0 Å². The minimum Gasteiger partial charge on any atom is -0.384 e. The summed E-state index contributed by atoms with van der Waals surface area (Å²) in [5.74, 6) is 0.447. The Morgan fingerprint density at radius 1 is 1.45 bits per heavy atom. The zero-order valence-corrected chi connectivity index (χ0v) is 12.0. The van der Waals surface area contributed by atoms with Gasteiger partial charge in [0, 0.05) is 18.9 Å². The lowest BCUT2D eigenvalue weighted by molar-refractivity contribution is 0.560. The monoisotopic (exact) mass is 296 g/mol. The summed E-state index contributed by atoms with van der Waals surface area (Å²) >= 11 is 0. The summed E-state index contributed by atoms with van der Waals surface area (Å²) in [6, 6.07) is 1.11. The van der Waals surface area contributed by atoms with Crippen molar-refractivity contribution in [2.24, 2.45) is 0 Å². The van der Waals surface area contributed by atoms with Gasteiger partial charge < -0.3 is 5.32 Å². The summed E-state index contributed by atoms with van der Waals surface area (Å²) in [5.41, 5.74) is 0.514. The molecule has 0 saturated carbocycles. The average Bonchev–Trinajstić information content (AvgIpc) is 2.93. The van der Waals surface area contributed by atoms with E-state index in [0.717, 1.165) is 0 Å². The third-order valence-corrected chi connectivity index (χ3v) is 4.19. The zero-order valence-electron chi connectivity index (χ0n) is 11.2. The standard InChI is InChI=1S/C11H16N6O2S/c1-3-13-9-4-5-12-6-10(9)20(18,19)17-8(2)11-14-7-15-16-11/h4-8,17H,3H2,1-2H3,(H,12,13)(H,14,15,16). The number of nitrogens with zero attached hydrogens (tertiary/aromatic N) is 3. The fourth-order valence-corrected chi connectivity index (χ4v) is 3.04. The molecule has 0 aliphatic heterocycles. The highest BCUT2D eigenvalue weighted by molar-refractivity contribution is 7.89. The fourth-order valence-electron chi connectivity index (χ4n) is 1.71. The van der Waals surface area contributed by atoms with Gasteiger partial charge in [0.15, 0.2) is 0 Å². The molecule has 2 rings (SSSR count). The van der Waals surface area contributed by atoms with Gasteiger partial charge in [-0.3, -0.25) is 10.1 Å². The zero-order chi connectivity index (χ0) is 14.6. The predicted molar refractivity (Wildman–Crippen MR) is 73.5 cm³/mol. The van der Waals surface area contributed by atoms with E-state index in [9.17, 15) is 8.42 Å². The van der Waals surface area contributed by atoms with Crippen LogP contribution in [0.25, 0.3) is 0 Å². The lowest BCUT2D eigenvalue weighted by atomic mass is 10.3. The van der Waals surface area contributed by atoms with Gasteiger partial charge in [0.1, 0.15) is 17.0 Å². The summed E-state index contributed by atoms with van der Waals surface area (Å²) in [4.78, 5) is 7.90. The van der Waals surface area contributed by atoms with Crippen molar-refractivity contribution in [1.82, 2.24) is 24.9 Å². The van der Waals surface area contributed by atoms with E-state index in [1.807, 2.05) is 6.92 Å². The number of sulfonamides is 1. The third kappa shape index (κ3) is 3.11. The normalized spacial score (nSPS) is 13.1. The van der Waals surface area contributed by atoms with Gasteiger partial charge in [-0.2, -0.15) is 5.10 Å². The van der Waals surface area contributed by atoms with E-state index in [4.69, 9.17) is 0 Å². The van der Waals surface area contributed by atoms with Crippen molar-refractivity contribution in [3.8, 4) is 0 Å². The molecule has 0 aliphatic rings. The van der Waals surface area contributed by atoms with Crippen LogP contribution in [0.2, 0.25) is 0 Å². The van der Waals surface area contributed by atoms with Crippen molar-refractivity contribution in [2.45, 2.75) is 24.8 Å². The van der Waals surface area contributed by atoms with Crippen molar-refractivity contribution in [3.05, 3.63) is 30.6 Å². The second kappa shape index (κ2) is 5.97.